The maximum absolute atomic E-state index is 8.44. The van der Waals surface area contributed by atoms with E-state index in [2.05, 4.69) is 4.74 Å². The highest BCUT2D eigenvalue weighted by molar-refractivity contribution is 5.38. The summed E-state index contributed by atoms with van der Waals surface area (Å²) in [6.07, 6.45) is 1.74. The molecule has 0 aromatic carbocycles. The predicted molar refractivity (Wildman–Crippen MR) is 107 cm³/mol. The summed E-state index contributed by atoms with van der Waals surface area (Å²) < 4.78 is 14.7. The first-order chi connectivity index (χ1) is 14.4. The van der Waals surface area contributed by atoms with Crippen LogP contribution < -0.4 is 0 Å². The number of hydrogen-bond donors (Lipinski definition) is 0. The van der Waals surface area contributed by atoms with Crippen molar-refractivity contribution in [3.05, 3.63) is 34.5 Å². The standard InChI is InChI=1S/C8H10N2O.C7H8N2O.C6H6N2O/c1-3-8(11-4-2)7(5-9)6-10;1-3-10-6(2)7(4-8)5-9;1-2-9-5-6(3-7)4-8/h3-4H2,1-2H3;3H2,1-2H3;5H,2H2,1H3. The third-order valence-electron chi connectivity index (χ3n) is 2.69. The van der Waals surface area contributed by atoms with Crippen molar-refractivity contribution in [2.24, 2.45) is 0 Å². The first-order valence-corrected chi connectivity index (χ1v) is 8.82. The molecular weight excluding hydrogens is 384 g/mol. The fourth-order valence-electron chi connectivity index (χ4n) is 1.39. The molecule has 0 rings (SSSR count). The van der Waals surface area contributed by atoms with Gasteiger partial charge in [-0.2, -0.15) is 31.6 Å². The van der Waals surface area contributed by atoms with E-state index in [4.69, 9.17) is 41.0 Å². The number of allylic oxidation sites excluding steroid dienone is 5. The van der Waals surface area contributed by atoms with Crippen LogP contribution in [-0.2, 0) is 14.2 Å². The molecule has 0 saturated carbocycles. The molecule has 9 heteroatoms. The minimum absolute atomic E-state index is 0.00292. The molecule has 156 valence electrons. The summed E-state index contributed by atoms with van der Waals surface area (Å²) in [6.45, 7) is 10.3. The molecule has 0 unspecified atom stereocenters. The van der Waals surface area contributed by atoms with Gasteiger partial charge in [-0.15, -0.1) is 0 Å². The van der Waals surface area contributed by atoms with Crippen LogP contribution in [0, 0.1) is 68.0 Å². The normalized spacial score (nSPS) is 7.17. The van der Waals surface area contributed by atoms with Crippen molar-refractivity contribution in [1.82, 2.24) is 0 Å². The Hall–Kier alpha value is -4.44. The predicted octanol–water partition coefficient (Wildman–Crippen LogP) is 4.03. The van der Waals surface area contributed by atoms with Crippen LogP contribution in [0.3, 0.4) is 0 Å². The van der Waals surface area contributed by atoms with E-state index >= 15 is 0 Å². The van der Waals surface area contributed by atoms with E-state index < -0.39 is 0 Å². The van der Waals surface area contributed by atoms with Crippen molar-refractivity contribution in [3.63, 3.8) is 0 Å². The molecule has 0 heterocycles. The van der Waals surface area contributed by atoms with Gasteiger partial charge in [0.25, 0.3) is 0 Å². The fraction of sp³-hybridized carbons (Fsp3) is 0.429. The van der Waals surface area contributed by atoms with Crippen molar-refractivity contribution in [2.75, 3.05) is 19.8 Å². The molecule has 0 radical (unpaired) electrons. The average Bonchev–Trinajstić information content (AvgIpc) is 2.76. The summed E-state index contributed by atoms with van der Waals surface area (Å²) in [5.41, 5.74) is 0.119. The van der Waals surface area contributed by atoms with Gasteiger partial charge < -0.3 is 14.2 Å². The van der Waals surface area contributed by atoms with Gasteiger partial charge in [-0.05, 0) is 27.7 Å². The van der Waals surface area contributed by atoms with Gasteiger partial charge in [-0.1, -0.05) is 6.92 Å². The zero-order chi connectivity index (χ0) is 23.8. The summed E-state index contributed by atoms with van der Waals surface area (Å²) in [5.74, 6) is 0.880. The van der Waals surface area contributed by atoms with Gasteiger partial charge in [0.15, 0.2) is 16.7 Å². The van der Waals surface area contributed by atoms with Crippen LogP contribution in [-0.4, -0.2) is 19.8 Å². The number of nitriles is 6. The topological polar surface area (TPSA) is 170 Å². The smallest absolute Gasteiger partial charge is 0.167 e. The lowest BCUT2D eigenvalue weighted by molar-refractivity contribution is 0.219. The molecule has 0 atom stereocenters. The van der Waals surface area contributed by atoms with Crippen molar-refractivity contribution in [2.45, 2.75) is 41.0 Å². The van der Waals surface area contributed by atoms with Gasteiger partial charge in [0, 0.05) is 6.42 Å². The minimum atomic E-state index is -0.00292. The highest BCUT2D eigenvalue weighted by atomic mass is 16.5. The Kier molecular flexibility index (Phi) is 22.8. The molecule has 0 fully saturated rings. The monoisotopic (exact) mass is 408 g/mol. The van der Waals surface area contributed by atoms with Crippen LogP contribution >= 0.6 is 0 Å². The van der Waals surface area contributed by atoms with Crippen LogP contribution in [0.5, 0.6) is 0 Å². The molecular formula is C21H24N6O3. The first-order valence-electron chi connectivity index (χ1n) is 8.82. The Labute approximate surface area is 178 Å². The summed E-state index contributed by atoms with van der Waals surface area (Å²) in [5, 5.41) is 49.8. The van der Waals surface area contributed by atoms with Gasteiger partial charge >= 0.3 is 0 Å². The molecule has 0 bridgehead atoms. The second-order valence-electron chi connectivity index (χ2n) is 4.61. The molecule has 9 nitrogen and oxygen atoms in total. The summed E-state index contributed by atoms with van der Waals surface area (Å²) in [7, 11) is 0. The van der Waals surface area contributed by atoms with Crippen LogP contribution in [0.15, 0.2) is 34.5 Å². The molecule has 0 aromatic heterocycles. The van der Waals surface area contributed by atoms with Crippen molar-refractivity contribution >= 4 is 0 Å². The second-order valence-corrected chi connectivity index (χ2v) is 4.61. The van der Waals surface area contributed by atoms with E-state index in [0.717, 1.165) is 6.26 Å². The van der Waals surface area contributed by atoms with E-state index in [1.807, 2.05) is 13.8 Å². The average molecular weight is 408 g/mol. The zero-order valence-electron chi connectivity index (χ0n) is 17.8. The largest absolute Gasteiger partial charge is 0.499 e. The highest BCUT2D eigenvalue weighted by Crippen LogP contribution is 2.08. The van der Waals surface area contributed by atoms with E-state index in [9.17, 15) is 0 Å². The van der Waals surface area contributed by atoms with E-state index in [0.29, 0.717) is 37.8 Å². The third kappa shape index (κ3) is 15.8. The molecule has 0 N–H and O–H groups in total. The molecule has 0 aliphatic heterocycles. The van der Waals surface area contributed by atoms with E-state index in [1.165, 1.54) is 0 Å². The lowest BCUT2D eigenvalue weighted by Gasteiger charge is -2.03. The molecule has 0 spiro atoms. The number of hydrogen-bond acceptors (Lipinski definition) is 9. The maximum atomic E-state index is 8.44. The quantitative estimate of drug-likeness (QED) is 0.445. The Morgan fingerprint density at radius 1 is 0.667 bits per heavy atom. The minimum Gasteiger partial charge on any atom is -0.499 e. The van der Waals surface area contributed by atoms with E-state index in [1.54, 1.807) is 57.2 Å². The Morgan fingerprint density at radius 3 is 1.43 bits per heavy atom. The summed E-state index contributed by atoms with van der Waals surface area (Å²) in [4.78, 5) is 0. The fourth-order valence-corrected chi connectivity index (χ4v) is 1.39. The van der Waals surface area contributed by atoms with Crippen LogP contribution in [0.4, 0.5) is 0 Å². The van der Waals surface area contributed by atoms with E-state index in [-0.39, 0.29) is 16.7 Å². The zero-order valence-corrected chi connectivity index (χ0v) is 17.8. The molecule has 0 saturated heterocycles. The molecule has 0 aromatic rings. The number of rotatable bonds is 7. The number of nitrogens with zero attached hydrogens (tertiary/aromatic N) is 6. The van der Waals surface area contributed by atoms with Gasteiger partial charge in [0.1, 0.15) is 54.2 Å². The van der Waals surface area contributed by atoms with Gasteiger partial charge in [0.05, 0.1) is 19.8 Å². The second kappa shape index (κ2) is 22.6. The van der Waals surface area contributed by atoms with Crippen LogP contribution in [0.2, 0.25) is 0 Å². The Bertz CT molecular complexity index is 811. The molecule has 0 aliphatic rings. The lowest BCUT2D eigenvalue weighted by atomic mass is 10.2. The number of ether oxygens (including phenoxy) is 3. The first kappa shape index (κ1) is 30.3. The van der Waals surface area contributed by atoms with Crippen LogP contribution in [0.25, 0.3) is 0 Å². The van der Waals surface area contributed by atoms with Crippen molar-refractivity contribution in [1.29, 1.82) is 31.6 Å². The maximum Gasteiger partial charge on any atom is 0.167 e. The Morgan fingerprint density at radius 2 is 1.13 bits per heavy atom. The van der Waals surface area contributed by atoms with Crippen molar-refractivity contribution < 1.29 is 14.2 Å². The van der Waals surface area contributed by atoms with Crippen molar-refractivity contribution in [3.8, 4) is 36.4 Å². The lowest BCUT2D eigenvalue weighted by Crippen LogP contribution is -1.93. The summed E-state index contributed by atoms with van der Waals surface area (Å²) in [6, 6.07) is 10.3. The highest BCUT2D eigenvalue weighted by Gasteiger charge is 2.03. The molecule has 0 amide bonds. The van der Waals surface area contributed by atoms with Gasteiger partial charge in [0.2, 0.25) is 0 Å². The van der Waals surface area contributed by atoms with Gasteiger partial charge in [-0.25, -0.2) is 0 Å². The third-order valence-corrected chi connectivity index (χ3v) is 2.69. The molecule has 0 aliphatic carbocycles. The van der Waals surface area contributed by atoms with Crippen LogP contribution in [0.1, 0.15) is 41.0 Å². The summed E-state index contributed by atoms with van der Waals surface area (Å²) >= 11 is 0. The van der Waals surface area contributed by atoms with Gasteiger partial charge in [-0.3, -0.25) is 0 Å². The Balaban J connectivity index is -0.000000366. The SMILES string of the molecule is CCOC(C)=C(C#N)C#N.CCOC(CC)=C(C#N)C#N.CCOC=C(C#N)C#N. The molecule has 30 heavy (non-hydrogen) atoms.